The van der Waals surface area contributed by atoms with E-state index >= 15 is 0 Å². The molecule has 170 valence electrons. The monoisotopic (exact) mass is 438 g/mol. The first-order valence-electron chi connectivity index (χ1n) is 11.3. The molecule has 2 aliphatic heterocycles. The van der Waals surface area contributed by atoms with Crippen molar-refractivity contribution in [1.82, 2.24) is 4.90 Å². The van der Waals surface area contributed by atoms with Crippen LogP contribution < -0.4 is 14.8 Å². The lowest BCUT2D eigenvalue weighted by atomic mass is 10.1. The van der Waals surface area contributed by atoms with Gasteiger partial charge >= 0.3 is 0 Å². The van der Waals surface area contributed by atoms with Gasteiger partial charge in [-0.25, -0.2) is 0 Å². The van der Waals surface area contributed by atoms with Crippen molar-refractivity contribution in [2.24, 2.45) is 0 Å². The van der Waals surface area contributed by atoms with Gasteiger partial charge in [0.15, 0.2) is 6.61 Å². The van der Waals surface area contributed by atoms with Crippen molar-refractivity contribution >= 4 is 17.5 Å². The summed E-state index contributed by atoms with van der Waals surface area (Å²) in [6.07, 6.45) is 5.39. The molecule has 2 heterocycles. The maximum Gasteiger partial charge on any atom is 0.260 e. The number of likely N-dealkylation sites (tertiary alicyclic amines) is 1. The van der Waals surface area contributed by atoms with Gasteiger partial charge in [0.2, 0.25) is 0 Å². The van der Waals surface area contributed by atoms with Gasteiger partial charge in [0.1, 0.15) is 18.1 Å². The van der Waals surface area contributed by atoms with Gasteiger partial charge in [-0.05, 0) is 62.4 Å². The van der Waals surface area contributed by atoms with Crippen LogP contribution in [0, 0.1) is 0 Å². The van der Waals surface area contributed by atoms with Gasteiger partial charge in [-0.2, -0.15) is 0 Å². The van der Waals surface area contributed by atoms with Crippen LogP contribution in [0.1, 0.15) is 42.5 Å². The minimum absolute atomic E-state index is 0.0168. The van der Waals surface area contributed by atoms with Crippen LogP contribution in [-0.4, -0.2) is 55.7 Å². The van der Waals surface area contributed by atoms with Gasteiger partial charge in [-0.15, -0.1) is 0 Å². The largest absolute Gasteiger partial charge is 0.489 e. The number of piperidine rings is 1. The Balaban J connectivity index is 1.34. The minimum atomic E-state index is -0.272. The third kappa shape index (κ3) is 6.01. The lowest BCUT2D eigenvalue weighted by Gasteiger charge is -2.26. The van der Waals surface area contributed by atoms with Crippen molar-refractivity contribution in [3.05, 3.63) is 54.1 Å². The van der Waals surface area contributed by atoms with E-state index in [0.717, 1.165) is 45.4 Å². The fourth-order valence-corrected chi connectivity index (χ4v) is 3.96. The number of carbonyl (C=O) groups excluding carboxylic acids is 2. The van der Waals surface area contributed by atoms with E-state index in [2.05, 4.69) is 5.32 Å². The second kappa shape index (κ2) is 11.0. The van der Waals surface area contributed by atoms with E-state index in [1.54, 1.807) is 30.3 Å². The zero-order chi connectivity index (χ0) is 22.2. The standard InChI is InChI=1S/C25H30N2O5/c28-24(27-13-4-1-5-14-27)18-31-20-9-6-8-19(16-20)25(29)26-22-11-2-3-12-23(22)32-17-21-10-7-15-30-21/h2-3,6,8-9,11-12,16,21H,1,4-5,7,10,13-15,17-18H2,(H,26,29). The third-order valence-corrected chi connectivity index (χ3v) is 5.75. The molecule has 0 spiro atoms. The van der Waals surface area contributed by atoms with E-state index in [1.165, 1.54) is 6.42 Å². The third-order valence-electron chi connectivity index (χ3n) is 5.75. The number of amides is 2. The number of hydrogen-bond donors (Lipinski definition) is 1. The molecule has 0 radical (unpaired) electrons. The highest BCUT2D eigenvalue weighted by Gasteiger charge is 2.19. The van der Waals surface area contributed by atoms with Gasteiger partial charge < -0.3 is 24.4 Å². The smallest absolute Gasteiger partial charge is 0.260 e. The molecule has 0 aliphatic carbocycles. The second-order valence-corrected chi connectivity index (χ2v) is 8.15. The maximum absolute atomic E-state index is 12.8. The Labute approximate surface area is 188 Å². The first-order chi connectivity index (χ1) is 15.7. The summed E-state index contributed by atoms with van der Waals surface area (Å²) >= 11 is 0. The SMILES string of the molecule is O=C(Nc1ccccc1OCC1CCCO1)c1cccc(OCC(=O)N2CCCCC2)c1. The lowest BCUT2D eigenvalue weighted by molar-refractivity contribution is -0.134. The number of nitrogens with zero attached hydrogens (tertiary/aromatic N) is 1. The van der Waals surface area contributed by atoms with Crippen LogP contribution in [0.25, 0.3) is 0 Å². The lowest BCUT2D eigenvalue weighted by Crippen LogP contribution is -2.38. The van der Waals surface area contributed by atoms with E-state index in [9.17, 15) is 9.59 Å². The molecule has 32 heavy (non-hydrogen) atoms. The molecule has 1 unspecified atom stereocenters. The Hall–Kier alpha value is -3.06. The Kier molecular flexibility index (Phi) is 7.61. The number of rotatable bonds is 8. The van der Waals surface area contributed by atoms with E-state index in [4.69, 9.17) is 14.2 Å². The molecule has 7 heteroatoms. The van der Waals surface area contributed by atoms with Crippen molar-refractivity contribution in [3.8, 4) is 11.5 Å². The molecule has 2 aromatic rings. The van der Waals surface area contributed by atoms with Crippen LogP contribution >= 0.6 is 0 Å². The zero-order valence-corrected chi connectivity index (χ0v) is 18.3. The maximum atomic E-state index is 12.8. The summed E-state index contributed by atoms with van der Waals surface area (Å²) in [4.78, 5) is 27.0. The van der Waals surface area contributed by atoms with Crippen molar-refractivity contribution in [2.45, 2.75) is 38.2 Å². The van der Waals surface area contributed by atoms with Crippen molar-refractivity contribution in [2.75, 3.05) is 38.2 Å². The average molecular weight is 439 g/mol. The predicted molar refractivity (Wildman–Crippen MR) is 121 cm³/mol. The summed E-state index contributed by atoms with van der Waals surface area (Å²) in [7, 11) is 0. The molecule has 1 N–H and O–H groups in total. The van der Waals surface area contributed by atoms with Gasteiger partial charge in [0.25, 0.3) is 11.8 Å². The van der Waals surface area contributed by atoms with Crippen LogP contribution in [0.4, 0.5) is 5.69 Å². The summed E-state index contributed by atoms with van der Waals surface area (Å²) < 4.78 is 17.2. The van der Waals surface area contributed by atoms with E-state index in [-0.39, 0.29) is 24.5 Å². The highest BCUT2D eigenvalue weighted by atomic mass is 16.5. The molecule has 1 atom stereocenters. The number of hydrogen-bond acceptors (Lipinski definition) is 5. The number of benzene rings is 2. The molecule has 2 fully saturated rings. The molecule has 0 saturated carbocycles. The molecule has 2 amide bonds. The van der Waals surface area contributed by atoms with Gasteiger partial charge in [0.05, 0.1) is 11.8 Å². The van der Waals surface area contributed by atoms with Crippen LogP contribution in [0.2, 0.25) is 0 Å². The van der Waals surface area contributed by atoms with Crippen LogP contribution in [-0.2, 0) is 9.53 Å². The van der Waals surface area contributed by atoms with Crippen molar-refractivity contribution in [1.29, 1.82) is 0 Å². The summed E-state index contributed by atoms with van der Waals surface area (Å²) in [6.45, 7) is 2.79. The molecule has 0 bridgehead atoms. The highest BCUT2D eigenvalue weighted by Crippen LogP contribution is 2.26. The fraction of sp³-hybridized carbons (Fsp3) is 0.440. The predicted octanol–water partition coefficient (Wildman–Crippen LogP) is 3.89. The summed E-state index contributed by atoms with van der Waals surface area (Å²) in [5, 5.41) is 2.91. The molecule has 2 aliphatic rings. The molecule has 2 saturated heterocycles. The molecule has 7 nitrogen and oxygen atoms in total. The van der Waals surface area contributed by atoms with Gasteiger partial charge in [-0.1, -0.05) is 18.2 Å². The van der Waals surface area contributed by atoms with Crippen molar-refractivity contribution < 1.29 is 23.8 Å². The van der Waals surface area contributed by atoms with Gasteiger partial charge in [-0.3, -0.25) is 9.59 Å². The average Bonchev–Trinajstić information content (AvgIpc) is 3.36. The number of carbonyl (C=O) groups is 2. The van der Waals surface area contributed by atoms with Crippen LogP contribution in [0.15, 0.2) is 48.5 Å². The molecular formula is C25H30N2O5. The van der Waals surface area contributed by atoms with Crippen molar-refractivity contribution in [3.63, 3.8) is 0 Å². The Morgan fingerprint density at radius 3 is 2.66 bits per heavy atom. The normalized spacial score (nSPS) is 18.2. The molecule has 4 rings (SSSR count). The number of nitrogens with one attached hydrogen (secondary N) is 1. The molecule has 2 aromatic carbocycles. The Bertz CT molecular complexity index is 920. The topological polar surface area (TPSA) is 77.1 Å². The van der Waals surface area contributed by atoms with E-state index in [0.29, 0.717) is 29.4 Å². The highest BCUT2D eigenvalue weighted by molar-refractivity contribution is 6.05. The first kappa shape index (κ1) is 22.1. The van der Waals surface area contributed by atoms with Gasteiger partial charge in [0, 0.05) is 25.3 Å². The second-order valence-electron chi connectivity index (χ2n) is 8.15. The fourth-order valence-electron chi connectivity index (χ4n) is 3.96. The molecular weight excluding hydrogens is 408 g/mol. The van der Waals surface area contributed by atoms with E-state index in [1.807, 2.05) is 23.1 Å². The summed E-state index contributed by atoms with van der Waals surface area (Å²) in [5.74, 6) is 0.810. The number of anilines is 1. The Morgan fingerprint density at radius 1 is 1.00 bits per heavy atom. The Morgan fingerprint density at radius 2 is 1.84 bits per heavy atom. The minimum Gasteiger partial charge on any atom is -0.489 e. The first-order valence-corrected chi connectivity index (χ1v) is 11.3. The zero-order valence-electron chi connectivity index (χ0n) is 18.3. The van der Waals surface area contributed by atoms with Crippen LogP contribution in [0.3, 0.4) is 0 Å². The number of para-hydroxylation sites is 2. The molecule has 0 aromatic heterocycles. The van der Waals surface area contributed by atoms with E-state index < -0.39 is 0 Å². The van der Waals surface area contributed by atoms with Crippen LogP contribution in [0.5, 0.6) is 11.5 Å². The summed E-state index contributed by atoms with van der Waals surface area (Å²) in [6, 6.07) is 14.2. The number of ether oxygens (including phenoxy) is 3. The summed E-state index contributed by atoms with van der Waals surface area (Å²) in [5.41, 5.74) is 1.05. The quantitative estimate of drug-likeness (QED) is 0.677.